The van der Waals surface area contributed by atoms with Crippen molar-refractivity contribution in [2.45, 2.75) is 6.92 Å². The van der Waals surface area contributed by atoms with Crippen molar-refractivity contribution >= 4 is 24.0 Å². The first-order chi connectivity index (χ1) is 16.4. The summed E-state index contributed by atoms with van der Waals surface area (Å²) in [6, 6.07) is 16.7. The molecular weight excluding hydrogens is 441 g/mol. The molecule has 2 N–H and O–H groups in total. The Morgan fingerprint density at radius 2 is 1.62 bits per heavy atom. The number of nitrogens with zero attached hydrogens (tertiary/aromatic N) is 1. The average molecular weight is 463 g/mol. The second-order valence-electron chi connectivity index (χ2n) is 7.15. The van der Waals surface area contributed by atoms with Crippen LogP contribution in [0.15, 0.2) is 71.8 Å². The highest BCUT2D eigenvalue weighted by atomic mass is 19.1. The molecule has 0 aliphatic heterocycles. The summed E-state index contributed by atoms with van der Waals surface area (Å²) in [6.07, 6.45) is 1.37. The molecule has 0 saturated carbocycles. The van der Waals surface area contributed by atoms with Gasteiger partial charge in [-0.15, -0.1) is 0 Å². The Labute approximate surface area is 195 Å². The number of hydrogen-bond donors (Lipinski definition) is 2. The standard InChI is InChI=1S/C25H22FN3O5/c1-16-3-6-19(7-4-16)25(32)34-21-12-5-17(13-22(21)33-2)14-28-29-23(30)15-27-24(31)18-8-10-20(26)11-9-18/h3-14H,15H2,1-2H3,(H,27,31)(H,29,30)/b28-14+. The quantitative estimate of drug-likeness (QED) is 0.231. The number of benzene rings is 3. The van der Waals surface area contributed by atoms with E-state index in [1.165, 1.54) is 25.5 Å². The molecule has 0 aliphatic carbocycles. The van der Waals surface area contributed by atoms with Gasteiger partial charge in [0.05, 0.1) is 25.4 Å². The maximum atomic E-state index is 12.9. The number of ether oxygens (including phenoxy) is 2. The van der Waals surface area contributed by atoms with Gasteiger partial charge in [-0.3, -0.25) is 9.59 Å². The molecule has 0 aliphatic rings. The Kier molecular flexibility index (Phi) is 8.07. The number of methoxy groups -OCH3 is 1. The molecule has 9 heteroatoms. The van der Waals surface area contributed by atoms with Crippen LogP contribution in [-0.2, 0) is 4.79 Å². The number of halogens is 1. The maximum Gasteiger partial charge on any atom is 0.343 e. The first-order valence-corrected chi connectivity index (χ1v) is 10.2. The molecule has 0 heterocycles. The molecule has 0 unspecified atom stereocenters. The van der Waals surface area contributed by atoms with E-state index >= 15 is 0 Å². The predicted molar refractivity (Wildman–Crippen MR) is 124 cm³/mol. The van der Waals surface area contributed by atoms with E-state index in [0.29, 0.717) is 16.9 Å². The van der Waals surface area contributed by atoms with Gasteiger partial charge in [0.2, 0.25) is 0 Å². The summed E-state index contributed by atoms with van der Waals surface area (Å²) in [7, 11) is 1.44. The highest BCUT2D eigenvalue weighted by molar-refractivity contribution is 5.96. The minimum atomic E-state index is -0.553. The van der Waals surface area contributed by atoms with E-state index < -0.39 is 23.6 Å². The Morgan fingerprint density at radius 3 is 2.29 bits per heavy atom. The second kappa shape index (κ2) is 11.4. The van der Waals surface area contributed by atoms with Crippen molar-refractivity contribution in [2.24, 2.45) is 5.10 Å². The Hall–Kier alpha value is -4.53. The van der Waals surface area contributed by atoms with Crippen molar-refractivity contribution < 1.29 is 28.2 Å². The van der Waals surface area contributed by atoms with Crippen molar-refractivity contribution in [2.75, 3.05) is 13.7 Å². The number of esters is 1. The molecule has 34 heavy (non-hydrogen) atoms. The zero-order chi connectivity index (χ0) is 24.5. The van der Waals surface area contributed by atoms with E-state index in [1.54, 1.807) is 30.3 Å². The summed E-state index contributed by atoms with van der Waals surface area (Å²) in [5.74, 6) is -1.51. The molecule has 0 saturated heterocycles. The smallest absolute Gasteiger partial charge is 0.343 e. The van der Waals surface area contributed by atoms with Crippen molar-refractivity contribution in [1.29, 1.82) is 0 Å². The molecule has 0 spiro atoms. The number of rotatable bonds is 8. The van der Waals surface area contributed by atoms with Crippen molar-refractivity contribution in [1.82, 2.24) is 10.7 Å². The van der Waals surface area contributed by atoms with Crippen LogP contribution in [0.5, 0.6) is 11.5 Å². The van der Waals surface area contributed by atoms with Crippen LogP contribution >= 0.6 is 0 Å². The lowest BCUT2D eigenvalue weighted by Crippen LogP contribution is -2.34. The number of nitrogens with one attached hydrogen (secondary N) is 2. The average Bonchev–Trinajstić information content (AvgIpc) is 2.84. The van der Waals surface area contributed by atoms with Gasteiger partial charge in [0.15, 0.2) is 11.5 Å². The van der Waals surface area contributed by atoms with E-state index in [-0.39, 0.29) is 17.9 Å². The van der Waals surface area contributed by atoms with Crippen molar-refractivity contribution in [3.8, 4) is 11.5 Å². The van der Waals surface area contributed by atoms with Gasteiger partial charge < -0.3 is 14.8 Å². The largest absolute Gasteiger partial charge is 0.493 e. The molecule has 0 atom stereocenters. The highest BCUT2D eigenvalue weighted by Crippen LogP contribution is 2.28. The molecule has 0 radical (unpaired) electrons. The summed E-state index contributed by atoms with van der Waals surface area (Å²) in [4.78, 5) is 36.2. The third kappa shape index (κ3) is 6.73. The normalized spacial score (nSPS) is 10.6. The first-order valence-electron chi connectivity index (χ1n) is 10.2. The van der Waals surface area contributed by atoms with Gasteiger partial charge in [-0.05, 0) is 67.1 Å². The molecular formula is C25H22FN3O5. The molecule has 3 aromatic rings. The van der Waals surface area contributed by atoms with Crippen LogP contribution in [0.3, 0.4) is 0 Å². The number of carbonyl (C=O) groups excluding carboxylic acids is 3. The lowest BCUT2D eigenvalue weighted by Gasteiger charge is -2.10. The summed E-state index contributed by atoms with van der Waals surface area (Å²) in [6.45, 7) is 1.61. The van der Waals surface area contributed by atoms with Crippen molar-refractivity contribution in [3.05, 3.63) is 94.8 Å². The Bertz CT molecular complexity index is 1210. The SMILES string of the molecule is COc1cc(/C=N/NC(=O)CNC(=O)c2ccc(F)cc2)ccc1OC(=O)c1ccc(C)cc1. The van der Waals surface area contributed by atoms with E-state index in [2.05, 4.69) is 15.8 Å². The molecule has 0 aromatic heterocycles. The lowest BCUT2D eigenvalue weighted by atomic mass is 10.1. The topological polar surface area (TPSA) is 106 Å². The summed E-state index contributed by atoms with van der Waals surface area (Å²) in [5.41, 5.74) is 4.53. The van der Waals surface area contributed by atoms with Gasteiger partial charge in [-0.1, -0.05) is 17.7 Å². The van der Waals surface area contributed by atoms with Crippen LogP contribution in [0, 0.1) is 12.7 Å². The zero-order valence-electron chi connectivity index (χ0n) is 18.5. The van der Waals surface area contributed by atoms with Crippen LogP contribution in [0.4, 0.5) is 4.39 Å². The summed E-state index contributed by atoms with van der Waals surface area (Å²) in [5, 5.41) is 6.25. The third-order valence-electron chi connectivity index (χ3n) is 4.60. The monoisotopic (exact) mass is 463 g/mol. The minimum absolute atomic E-state index is 0.230. The summed E-state index contributed by atoms with van der Waals surface area (Å²) >= 11 is 0. The van der Waals surface area contributed by atoms with Crippen LogP contribution < -0.4 is 20.2 Å². The number of carbonyl (C=O) groups is 3. The van der Waals surface area contributed by atoms with Gasteiger partial charge in [-0.2, -0.15) is 5.10 Å². The van der Waals surface area contributed by atoms with Crippen LogP contribution in [0.2, 0.25) is 0 Å². The fourth-order valence-electron chi connectivity index (χ4n) is 2.78. The Balaban J connectivity index is 1.53. The fourth-order valence-corrected chi connectivity index (χ4v) is 2.78. The van der Waals surface area contributed by atoms with E-state index in [9.17, 15) is 18.8 Å². The van der Waals surface area contributed by atoms with Gasteiger partial charge in [0.25, 0.3) is 11.8 Å². The molecule has 0 bridgehead atoms. The molecule has 0 fully saturated rings. The molecule has 3 aromatic carbocycles. The third-order valence-corrected chi connectivity index (χ3v) is 4.60. The van der Waals surface area contributed by atoms with Gasteiger partial charge in [0.1, 0.15) is 5.82 Å². The van der Waals surface area contributed by atoms with Gasteiger partial charge >= 0.3 is 5.97 Å². The van der Waals surface area contributed by atoms with Crippen LogP contribution in [-0.4, -0.2) is 37.7 Å². The first kappa shape index (κ1) is 24.1. The van der Waals surface area contributed by atoms with Crippen LogP contribution in [0.25, 0.3) is 0 Å². The van der Waals surface area contributed by atoms with E-state index in [0.717, 1.165) is 17.7 Å². The molecule has 3 rings (SSSR count). The molecule has 174 valence electrons. The van der Waals surface area contributed by atoms with E-state index in [4.69, 9.17) is 9.47 Å². The van der Waals surface area contributed by atoms with Gasteiger partial charge in [0, 0.05) is 5.56 Å². The number of hydrazone groups is 1. The second-order valence-corrected chi connectivity index (χ2v) is 7.15. The molecule has 2 amide bonds. The number of hydrogen-bond acceptors (Lipinski definition) is 6. The van der Waals surface area contributed by atoms with Crippen LogP contribution in [0.1, 0.15) is 31.8 Å². The zero-order valence-corrected chi connectivity index (χ0v) is 18.5. The Morgan fingerprint density at radius 1 is 0.941 bits per heavy atom. The highest BCUT2D eigenvalue weighted by Gasteiger charge is 2.13. The number of aryl methyl sites for hydroxylation is 1. The fraction of sp³-hybridized carbons (Fsp3) is 0.120. The van der Waals surface area contributed by atoms with E-state index in [1.807, 2.05) is 19.1 Å². The predicted octanol–water partition coefficient (Wildman–Crippen LogP) is 3.24. The maximum absolute atomic E-state index is 12.9. The molecule has 8 nitrogen and oxygen atoms in total. The number of amides is 2. The van der Waals surface area contributed by atoms with Crippen molar-refractivity contribution in [3.63, 3.8) is 0 Å². The van der Waals surface area contributed by atoms with Gasteiger partial charge in [-0.25, -0.2) is 14.6 Å². The summed E-state index contributed by atoms with van der Waals surface area (Å²) < 4.78 is 23.6. The lowest BCUT2D eigenvalue weighted by molar-refractivity contribution is -0.120. The minimum Gasteiger partial charge on any atom is -0.493 e.